The smallest absolute Gasteiger partial charge is 0.245 e. The molecule has 4 rings (SSSR count). The molecular weight excluding hydrogens is 508 g/mol. The van der Waals surface area contributed by atoms with Gasteiger partial charge in [0.25, 0.3) is 0 Å². The van der Waals surface area contributed by atoms with E-state index in [-0.39, 0.29) is 13.2 Å². The van der Waals surface area contributed by atoms with Gasteiger partial charge in [-0.15, -0.1) is 0 Å². The average molecular weight is 537 g/mol. The van der Waals surface area contributed by atoms with Crippen molar-refractivity contribution in [1.29, 1.82) is 0 Å². The molecule has 4 atom stereocenters. The fourth-order valence-electron chi connectivity index (χ4n) is 3.62. The number of benzene rings is 1. The van der Waals surface area contributed by atoms with Crippen LogP contribution in [0.15, 0.2) is 41.4 Å². The lowest BCUT2D eigenvalue weighted by Gasteiger charge is -2.22. The Morgan fingerprint density at radius 1 is 1.15 bits per heavy atom. The van der Waals surface area contributed by atoms with Crippen molar-refractivity contribution in [2.24, 2.45) is 0 Å². The largest absolute Gasteiger partial charge is 0.476 e. The number of ether oxygens (including phenoxy) is 3. The Labute approximate surface area is 201 Å². The first kappa shape index (κ1) is 24.2. The van der Waals surface area contributed by atoms with E-state index in [0.29, 0.717) is 23.7 Å². The molecule has 0 radical (unpaired) electrons. The minimum atomic E-state index is -1.25. The number of hydrogen-bond acceptors (Lipinski definition) is 8. The van der Waals surface area contributed by atoms with E-state index in [1.165, 1.54) is 6.33 Å². The summed E-state index contributed by atoms with van der Waals surface area (Å²) in [4.78, 5) is 13.1. The maximum Gasteiger partial charge on any atom is 0.245 e. The van der Waals surface area contributed by atoms with E-state index in [2.05, 4.69) is 50.5 Å². The van der Waals surface area contributed by atoms with E-state index >= 15 is 0 Å². The van der Waals surface area contributed by atoms with Gasteiger partial charge in [0.2, 0.25) is 5.88 Å². The van der Waals surface area contributed by atoms with Crippen LogP contribution in [0.5, 0.6) is 5.88 Å². The van der Waals surface area contributed by atoms with Crippen LogP contribution in [0, 0.1) is 0 Å². The van der Waals surface area contributed by atoms with Crippen LogP contribution >= 0.6 is 15.9 Å². The monoisotopic (exact) mass is 536 g/mol. The predicted molar refractivity (Wildman–Crippen MR) is 129 cm³/mol. The molecule has 9 nitrogen and oxygen atoms in total. The second kappa shape index (κ2) is 10.2. The third-order valence-corrected chi connectivity index (χ3v) is 7.77. The third kappa shape index (κ3) is 5.61. The first-order valence-corrected chi connectivity index (χ1v) is 15.4. The molecule has 0 saturated carbocycles. The lowest BCUT2D eigenvalue weighted by molar-refractivity contribution is -0.0761. The highest BCUT2D eigenvalue weighted by Gasteiger charge is 2.46. The highest BCUT2D eigenvalue weighted by atomic mass is 79.9. The molecule has 1 aliphatic heterocycles. The normalized spacial score (nSPS) is 23.3. The van der Waals surface area contributed by atoms with Gasteiger partial charge in [-0.1, -0.05) is 47.7 Å². The van der Waals surface area contributed by atoms with E-state index in [4.69, 9.17) is 14.2 Å². The lowest BCUT2D eigenvalue weighted by atomic mass is 10.1. The van der Waals surface area contributed by atoms with Crippen molar-refractivity contribution >= 4 is 35.2 Å². The number of fused-ring (bicyclic) bond motifs is 1. The summed E-state index contributed by atoms with van der Waals surface area (Å²) in [7, 11) is -1.25. The third-order valence-electron chi connectivity index (χ3n) is 5.54. The summed E-state index contributed by atoms with van der Waals surface area (Å²) in [5, 5.41) is 20.4. The van der Waals surface area contributed by atoms with Crippen LogP contribution in [-0.2, 0) is 16.1 Å². The maximum atomic E-state index is 10.8. The Hall–Kier alpha value is -1.89. The summed E-state index contributed by atoms with van der Waals surface area (Å²) in [5.74, 6) is 0.418. The average Bonchev–Trinajstić information content (AvgIpc) is 3.34. The number of aromatic nitrogens is 4. The van der Waals surface area contributed by atoms with Gasteiger partial charge < -0.3 is 24.4 Å². The van der Waals surface area contributed by atoms with Gasteiger partial charge in [-0.3, -0.25) is 4.57 Å². The summed E-state index contributed by atoms with van der Waals surface area (Å²) < 4.78 is 20.6. The van der Waals surface area contributed by atoms with Gasteiger partial charge in [-0.2, -0.15) is 4.98 Å². The zero-order valence-electron chi connectivity index (χ0n) is 18.9. The molecule has 2 aromatic heterocycles. The molecule has 1 aliphatic rings. The highest BCUT2D eigenvalue weighted by molar-refractivity contribution is 9.10. The van der Waals surface area contributed by atoms with Crippen molar-refractivity contribution in [1.82, 2.24) is 19.5 Å². The minimum Gasteiger partial charge on any atom is -0.476 e. The molecule has 178 valence electrons. The van der Waals surface area contributed by atoms with E-state index in [0.717, 1.165) is 16.1 Å². The molecule has 0 bridgehead atoms. The van der Waals surface area contributed by atoms with E-state index < -0.39 is 32.6 Å². The topological polar surface area (TPSA) is 112 Å². The molecule has 0 aliphatic carbocycles. The van der Waals surface area contributed by atoms with Gasteiger partial charge in [0, 0.05) is 12.5 Å². The molecule has 3 heterocycles. The molecule has 1 fully saturated rings. The zero-order valence-corrected chi connectivity index (χ0v) is 21.5. The van der Waals surface area contributed by atoms with Gasteiger partial charge in [0.05, 0.1) is 26.1 Å². The van der Waals surface area contributed by atoms with Crippen molar-refractivity contribution in [3.63, 3.8) is 0 Å². The summed E-state index contributed by atoms with van der Waals surface area (Å²) >= 11 is 3.42. The second-order valence-corrected chi connectivity index (χ2v) is 15.8. The van der Waals surface area contributed by atoms with E-state index in [9.17, 15) is 10.2 Å². The molecule has 1 aromatic carbocycles. The Morgan fingerprint density at radius 2 is 1.91 bits per heavy atom. The van der Waals surface area contributed by atoms with Gasteiger partial charge in [-0.05, 0) is 23.7 Å². The summed E-state index contributed by atoms with van der Waals surface area (Å²) in [5.41, 5.74) is 1.99. The van der Waals surface area contributed by atoms with Gasteiger partial charge >= 0.3 is 0 Å². The fourth-order valence-corrected chi connectivity index (χ4v) is 4.60. The number of halogens is 1. The Kier molecular flexibility index (Phi) is 7.46. The van der Waals surface area contributed by atoms with Gasteiger partial charge in [-0.25, -0.2) is 9.97 Å². The molecule has 1 unspecified atom stereocenters. The number of aliphatic hydroxyl groups excluding tert-OH is 2. The van der Waals surface area contributed by atoms with Crippen LogP contribution in [0.3, 0.4) is 0 Å². The number of nitrogens with zero attached hydrogens (tertiary/aromatic N) is 4. The number of imidazole rings is 1. The van der Waals surface area contributed by atoms with Crippen molar-refractivity contribution in [3.8, 4) is 5.88 Å². The van der Waals surface area contributed by atoms with Crippen LogP contribution in [0.4, 0.5) is 0 Å². The SMILES string of the molecule is C[Si](C)(C)CCOc1ncnc2c1ncn2[C@@H]1O[C@H](CO)C(O)[C@H]1OCc1ccc(Br)cc1. The first-order chi connectivity index (χ1) is 15.8. The lowest BCUT2D eigenvalue weighted by Crippen LogP contribution is -2.35. The molecule has 0 spiro atoms. The first-order valence-electron chi connectivity index (χ1n) is 10.9. The zero-order chi connectivity index (χ0) is 23.6. The van der Waals surface area contributed by atoms with E-state index in [1.807, 2.05) is 24.3 Å². The van der Waals surface area contributed by atoms with Gasteiger partial charge in [0.1, 0.15) is 24.6 Å². The molecule has 2 N–H and O–H groups in total. The van der Waals surface area contributed by atoms with Crippen molar-refractivity contribution < 1.29 is 24.4 Å². The number of aliphatic hydroxyl groups is 2. The number of hydrogen-bond donors (Lipinski definition) is 2. The molecule has 3 aromatic rings. The van der Waals surface area contributed by atoms with Crippen LogP contribution in [0.25, 0.3) is 11.2 Å². The Bertz CT molecular complexity index is 1070. The summed E-state index contributed by atoms with van der Waals surface area (Å²) in [6.07, 6.45) is -0.231. The van der Waals surface area contributed by atoms with Crippen LogP contribution in [0.2, 0.25) is 25.7 Å². The van der Waals surface area contributed by atoms with Crippen LogP contribution in [0.1, 0.15) is 11.8 Å². The van der Waals surface area contributed by atoms with Crippen LogP contribution in [-0.4, -0.2) is 69.3 Å². The molecule has 33 heavy (non-hydrogen) atoms. The maximum absolute atomic E-state index is 10.8. The quantitative estimate of drug-likeness (QED) is 0.401. The summed E-state index contributed by atoms with van der Waals surface area (Å²) in [6, 6.07) is 8.74. The molecule has 11 heteroatoms. The van der Waals surface area contributed by atoms with Crippen molar-refractivity contribution in [3.05, 3.63) is 47.0 Å². The summed E-state index contributed by atoms with van der Waals surface area (Å²) in [6.45, 7) is 7.38. The van der Waals surface area contributed by atoms with Gasteiger partial charge in [0.15, 0.2) is 17.4 Å². The Morgan fingerprint density at radius 3 is 2.61 bits per heavy atom. The predicted octanol–water partition coefficient (Wildman–Crippen LogP) is 3.14. The van der Waals surface area contributed by atoms with Crippen molar-refractivity contribution in [2.45, 2.75) is 56.8 Å². The van der Waals surface area contributed by atoms with Crippen molar-refractivity contribution in [2.75, 3.05) is 13.2 Å². The molecule has 0 amide bonds. The Balaban J connectivity index is 1.56. The van der Waals surface area contributed by atoms with Crippen LogP contribution < -0.4 is 4.74 Å². The number of rotatable bonds is 9. The standard InChI is InChI=1S/C22H29BrN4O5Si/c1-33(2,3)9-8-30-21-17-20(24-12-25-21)27(13-26-17)22-19(18(29)16(10-28)32-22)31-11-14-4-6-15(23)7-5-14/h4-7,12-13,16,18-19,22,28-29H,8-11H2,1-3H3/t16-,18?,19-,22-/m1/s1. The minimum absolute atomic E-state index is 0.277. The molecular formula is C22H29BrN4O5Si. The fraction of sp³-hybridized carbons (Fsp3) is 0.500. The van der Waals surface area contributed by atoms with E-state index in [1.54, 1.807) is 10.9 Å². The second-order valence-electron chi connectivity index (χ2n) is 9.30. The molecule has 1 saturated heterocycles. The highest BCUT2D eigenvalue weighted by Crippen LogP contribution is 2.35.